The van der Waals surface area contributed by atoms with Crippen molar-refractivity contribution in [2.45, 2.75) is 42.5 Å². The van der Waals surface area contributed by atoms with Gasteiger partial charge in [-0.3, -0.25) is 24.7 Å². The largest absolute Gasteiger partial charge is 0.477 e. The molecule has 3 aromatic rings. The molecule has 22 heteroatoms. The number of carbonyl (C=O) groups is 5. The van der Waals surface area contributed by atoms with Gasteiger partial charge >= 0.3 is 11.9 Å². The maximum Gasteiger partial charge on any atom is 0.352 e. The van der Waals surface area contributed by atoms with E-state index in [2.05, 4.69) is 25.5 Å². The molecule has 3 aromatic heterocycles. The number of nitrogen functional groups attached to an aromatic ring is 1. The number of nitrogens with one attached hydrogen (secondary N) is 2. The van der Waals surface area contributed by atoms with Crippen LogP contribution in [0, 0.1) is 0 Å². The van der Waals surface area contributed by atoms with E-state index in [9.17, 15) is 39.3 Å². The van der Waals surface area contributed by atoms with Gasteiger partial charge in [0.2, 0.25) is 5.60 Å². The molecule has 2 aliphatic heterocycles. The van der Waals surface area contributed by atoms with Crippen molar-refractivity contribution in [1.82, 2.24) is 35.2 Å². The Morgan fingerprint density at radius 1 is 1.23 bits per heavy atom. The van der Waals surface area contributed by atoms with E-state index in [0.29, 0.717) is 10.6 Å². The van der Waals surface area contributed by atoms with Crippen LogP contribution in [0.15, 0.2) is 39.1 Å². The van der Waals surface area contributed by atoms with Gasteiger partial charge in [-0.05, 0) is 25.5 Å². The minimum absolute atomic E-state index is 0.00781. The first-order valence-electron chi connectivity index (χ1n) is 13.3. The number of aliphatic hydroxyl groups is 1. The van der Waals surface area contributed by atoms with Crippen molar-refractivity contribution in [3.05, 3.63) is 45.9 Å². The van der Waals surface area contributed by atoms with Crippen LogP contribution in [0.5, 0.6) is 0 Å². The van der Waals surface area contributed by atoms with Gasteiger partial charge in [-0.1, -0.05) is 5.16 Å². The molecule has 19 nitrogen and oxygen atoms in total. The minimum Gasteiger partial charge on any atom is -0.477 e. The third-order valence-corrected chi connectivity index (χ3v) is 9.88. The molecule has 0 spiro atoms. The molecular formula is C25H26N10O9S3. The maximum atomic E-state index is 13.4. The summed E-state index contributed by atoms with van der Waals surface area (Å²) in [4.78, 5) is 77.4. The second-order valence-electron chi connectivity index (χ2n) is 10.3. The second-order valence-corrected chi connectivity index (χ2v) is 13.3. The Labute approximate surface area is 276 Å². The molecule has 1 unspecified atom stereocenters. The Morgan fingerprint density at radius 2 is 1.98 bits per heavy atom. The number of hydrazine groups is 1. The third-order valence-electron chi connectivity index (χ3n) is 6.87. The molecule has 1 saturated heterocycles. The number of nitrogens with two attached hydrogens (primary N) is 2. The Hall–Kier alpha value is -4.77. The summed E-state index contributed by atoms with van der Waals surface area (Å²) in [6, 6.07) is 0.365. The lowest BCUT2D eigenvalue weighted by Crippen LogP contribution is -2.71. The van der Waals surface area contributed by atoms with Crippen LogP contribution < -0.4 is 22.3 Å². The number of aromatic carboxylic acids is 1. The highest BCUT2D eigenvalue weighted by Crippen LogP contribution is 2.41. The van der Waals surface area contributed by atoms with Gasteiger partial charge in [0.15, 0.2) is 16.5 Å². The van der Waals surface area contributed by atoms with Crippen LogP contribution >= 0.6 is 34.9 Å². The van der Waals surface area contributed by atoms with Crippen LogP contribution in [0.4, 0.5) is 5.13 Å². The molecule has 0 aliphatic carbocycles. The first-order valence-corrected chi connectivity index (χ1v) is 16.2. The highest BCUT2D eigenvalue weighted by atomic mass is 32.2. The van der Waals surface area contributed by atoms with Crippen molar-refractivity contribution in [1.29, 1.82) is 0 Å². The number of aliphatic hydroxyl groups excluding tert-OH is 1. The molecule has 47 heavy (non-hydrogen) atoms. The Morgan fingerprint density at radius 3 is 2.60 bits per heavy atom. The lowest BCUT2D eigenvalue weighted by Gasteiger charge is -2.49. The molecule has 0 aromatic carbocycles. The SMILES string of the molecule is CC(C)(O/N=C(\C(=O)NC1C(=O)N2C(C(=O)O)=C(CSc3cc(CO)n4ncc(C(=O)O)c4n3)CS[C@H]12)c1csc(N)n1)C(=O)NN. The summed E-state index contributed by atoms with van der Waals surface area (Å²) in [5, 5.41) is 40.7. The molecule has 9 N–H and O–H groups in total. The van der Waals surface area contributed by atoms with Crippen LogP contribution in [0.1, 0.15) is 35.6 Å². The molecule has 0 saturated carbocycles. The van der Waals surface area contributed by atoms with Crippen LogP contribution in [0.2, 0.25) is 0 Å². The van der Waals surface area contributed by atoms with Crippen LogP contribution in [0.25, 0.3) is 5.65 Å². The monoisotopic (exact) mass is 706 g/mol. The molecule has 2 aliphatic rings. The fraction of sp³-hybridized carbons (Fsp3) is 0.320. The average molecular weight is 707 g/mol. The Kier molecular flexibility index (Phi) is 9.40. The number of amides is 3. The summed E-state index contributed by atoms with van der Waals surface area (Å²) < 4.78 is 1.20. The molecule has 0 bridgehead atoms. The van der Waals surface area contributed by atoms with Gasteiger partial charge in [0.05, 0.1) is 18.5 Å². The molecule has 1 fully saturated rings. The van der Waals surface area contributed by atoms with Gasteiger partial charge in [0, 0.05) is 16.9 Å². The second kappa shape index (κ2) is 13.2. The fourth-order valence-corrected chi connectivity index (χ4v) is 7.43. The first kappa shape index (κ1) is 33.6. The minimum atomic E-state index is -1.59. The van der Waals surface area contributed by atoms with Gasteiger partial charge in [0.1, 0.15) is 33.4 Å². The number of hydrogen-bond donors (Lipinski definition) is 7. The summed E-state index contributed by atoms with van der Waals surface area (Å²) in [6.45, 7) is 2.26. The van der Waals surface area contributed by atoms with E-state index in [1.165, 1.54) is 41.6 Å². The van der Waals surface area contributed by atoms with Gasteiger partial charge in [0.25, 0.3) is 17.7 Å². The number of thioether (sulfide) groups is 2. The average Bonchev–Trinajstić information content (AvgIpc) is 3.67. The molecule has 248 valence electrons. The van der Waals surface area contributed by atoms with Crippen LogP contribution in [-0.2, 0) is 30.6 Å². The number of carbonyl (C=O) groups excluding carboxylic acids is 3. The fourth-order valence-electron chi connectivity index (χ4n) is 4.48. The summed E-state index contributed by atoms with van der Waals surface area (Å²) >= 11 is 3.32. The van der Waals surface area contributed by atoms with Crippen LogP contribution in [-0.4, -0.2) is 104 Å². The zero-order chi connectivity index (χ0) is 34.2. The van der Waals surface area contributed by atoms with E-state index >= 15 is 0 Å². The number of rotatable bonds is 12. The molecule has 0 radical (unpaired) electrons. The van der Waals surface area contributed by atoms with Crippen molar-refractivity contribution in [3.63, 3.8) is 0 Å². The summed E-state index contributed by atoms with van der Waals surface area (Å²) in [7, 11) is 0. The zero-order valence-electron chi connectivity index (χ0n) is 24.4. The van der Waals surface area contributed by atoms with Crippen molar-refractivity contribution in [2.24, 2.45) is 11.0 Å². The summed E-state index contributed by atoms with van der Waals surface area (Å²) in [5.41, 5.74) is 5.93. The van der Waals surface area contributed by atoms with Gasteiger partial charge in [-0.25, -0.2) is 29.9 Å². The molecule has 5 rings (SSSR count). The standard InChI is InChI=1S/C25H26N10O9S3/c1-25(2,23(43)32-27)44-33-14(12-8-47-24(26)29-12)18(37)31-15-19(38)34-16(22(41)42)9(7-46-20(15)34)6-45-13-3-10(5-36)35-17(30-13)11(4-28-35)21(39)40/h3-4,8,15,20,36H,5-7,27H2,1-2H3,(H2,26,29)(H,31,37)(H,32,43)(H,39,40)(H,41,42)/b33-14-/t15?,20-/m1/s1. The van der Waals surface area contributed by atoms with Crippen molar-refractivity contribution in [3.8, 4) is 0 Å². The third kappa shape index (κ3) is 6.44. The number of aliphatic carboxylic acids is 1. The summed E-state index contributed by atoms with van der Waals surface area (Å²) in [6.07, 6.45) is 1.11. The van der Waals surface area contributed by atoms with Crippen LogP contribution in [0.3, 0.4) is 0 Å². The molecular weight excluding hydrogens is 681 g/mol. The maximum absolute atomic E-state index is 13.4. The number of nitrogens with zero attached hydrogens (tertiary/aromatic N) is 6. The lowest BCUT2D eigenvalue weighted by molar-refractivity contribution is -0.150. The summed E-state index contributed by atoms with van der Waals surface area (Å²) in [5.74, 6) is 0.491. The number of thiazole rings is 1. The van der Waals surface area contributed by atoms with E-state index in [4.69, 9.17) is 16.4 Å². The number of oxime groups is 1. The Bertz CT molecular complexity index is 1870. The van der Waals surface area contributed by atoms with Crippen molar-refractivity contribution >= 4 is 81.0 Å². The van der Waals surface area contributed by atoms with E-state index in [1.54, 1.807) is 0 Å². The molecule has 2 atom stereocenters. The number of carboxylic acid groups (broad SMARTS) is 2. The van der Waals surface area contributed by atoms with Gasteiger partial charge < -0.3 is 31.2 Å². The first-order chi connectivity index (χ1) is 22.3. The number of fused-ring (bicyclic) bond motifs is 2. The van der Waals surface area contributed by atoms with E-state index < -0.39 is 53.3 Å². The normalized spacial score (nSPS) is 18.1. The number of aromatic nitrogens is 4. The number of carboxylic acids is 2. The highest BCUT2D eigenvalue weighted by Gasteiger charge is 2.54. The zero-order valence-corrected chi connectivity index (χ0v) is 26.8. The van der Waals surface area contributed by atoms with E-state index in [-0.39, 0.29) is 50.6 Å². The quantitative estimate of drug-likeness (QED) is 0.0226. The topological polar surface area (TPSA) is 290 Å². The number of anilines is 1. The Balaban J connectivity index is 1.35. The van der Waals surface area contributed by atoms with E-state index in [0.717, 1.165) is 34.2 Å². The van der Waals surface area contributed by atoms with Gasteiger partial charge in [-0.2, -0.15) is 5.10 Å². The molecule has 5 heterocycles. The number of hydrogen-bond acceptors (Lipinski definition) is 16. The molecule has 3 amide bonds. The number of β-lactam (4-membered cyclic amide) rings is 1. The highest BCUT2D eigenvalue weighted by molar-refractivity contribution is 8.01. The van der Waals surface area contributed by atoms with Gasteiger partial charge in [-0.15, -0.1) is 34.9 Å². The van der Waals surface area contributed by atoms with E-state index in [1.807, 2.05) is 5.43 Å². The smallest absolute Gasteiger partial charge is 0.352 e. The predicted octanol–water partition coefficient (Wildman–Crippen LogP) is -1.02. The lowest BCUT2D eigenvalue weighted by atomic mass is 10.0. The van der Waals surface area contributed by atoms with Crippen molar-refractivity contribution in [2.75, 3.05) is 17.2 Å². The van der Waals surface area contributed by atoms with Crippen molar-refractivity contribution < 1.29 is 44.1 Å². The predicted molar refractivity (Wildman–Crippen MR) is 167 cm³/mol.